The average Bonchev–Trinajstić information content (AvgIpc) is 2.23. The minimum absolute atomic E-state index is 0.272. The van der Waals surface area contributed by atoms with Crippen LogP contribution in [0.1, 0.15) is 12.0 Å². The molecule has 0 fully saturated rings. The van der Waals surface area contributed by atoms with Crippen molar-refractivity contribution in [3.8, 4) is 0 Å². The summed E-state index contributed by atoms with van der Waals surface area (Å²) in [5, 5.41) is 2.61. The molecule has 1 amide bonds. The Balaban J connectivity index is 2.63. The summed E-state index contributed by atoms with van der Waals surface area (Å²) >= 11 is 3.36. The first-order valence-corrected chi connectivity index (χ1v) is 5.45. The zero-order valence-electron chi connectivity index (χ0n) is 9.04. The fourth-order valence-corrected chi connectivity index (χ4v) is 1.38. The Hall–Kier alpha value is -1.36. The number of aryl methyl sites for hydroxylation is 1. The first-order valence-electron chi connectivity index (χ1n) is 4.65. The molecule has 0 radical (unpaired) electrons. The van der Waals surface area contributed by atoms with Crippen molar-refractivity contribution in [2.45, 2.75) is 13.3 Å². The minimum atomic E-state index is -0.550. The Morgan fingerprint density at radius 2 is 2.12 bits per heavy atom. The molecular formula is C11H12BrNO3. The molecule has 0 spiro atoms. The second-order valence-corrected chi connectivity index (χ2v) is 4.12. The van der Waals surface area contributed by atoms with Gasteiger partial charge in [0, 0.05) is 10.2 Å². The molecule has 0 bridgehead atoms. The number of rotatable bonds is 3. The van der Waals surface area contributed by atoms with Crippen LogP contribution in [0, 0.1) is 6.92 Å². The van der Waals surface area contributed by atoms with Gasteiger partial charge in [0.05, 0.1) is 7.11 Å². The molecule has 0 unspecified atom stereocenters. The van der Waals surface area contributed by atoms with Crippen LogP contribution in [0.25, 0.3) is 0 Å². The molecule has 4 nitrogen and oxygen atoms in total. The van der Waals surface area contributed by atoms with E-state index in [0.29, 0.717) is 5.69 Å². The molecule has 1 rings (SSSR count). The van der Waals surface area contributed by atoms with Crippen molar-refractivity contribution in [1.82, 2.24) is 0 Å². The highest BCUT2D eigenvalue weighted by molar-refractivity contribution is 9.10. The largest absolute Gasteiger partial charge is 0.469 e. The fourth-order valence-electron chi connectivity index (χ4n) is 1.13. The van der Waals surface area contributed by atoms with E-state index in [9.17, 15) is 9.59 Å². The number of nitrogens with one attached hydrogen (secondary N) is 1. The molecule has 16 heavy (non-hydrogen) atoms. The van der Waals surface area contributed by atoms with Crippen molar-refractivity contribution < 1.29 is 14.3 Å². The Bertz CT molecular complexity index is 418. The summed E-state index contributed by atoms with van der Waals surface area (Å²) in [6.45, 7) is 1.92. The van der Waals surface area contributed by atoms with E-state index >= 15 is 0 Å². The van der Waals surface area contributed by atoms with E-state index in [1.807, 2.05) is 19.1 Å². The highest BCUT2D eigenvalue weighted by Gasteiger charge is 2.09. The van der Waals surface area contributed by atoms with Gasteiger partial charge in [0.15, 0.2) is 0 Å². The predicted octanol–water partition coefficient (Wildman–Crippen LogP) is 2.26. The number of ether oxygens (including phenoxy) is 1. The molecule has 0 saturated carbocycles. The van der Waals surface area contributed by atoms with Gasteiger partial charge in [0.2, 0.25) is 5.91 Å². The third kappa shape index (κ3) is 3.66. The van der Waals surface area contributed by atoms with Gasteiger partial charge in [0.25, 0.3) is 0 Å². The summed E-state index contributed by atoms with van der Waals surface area (Å²) in [6, 6.07) is 5.41. The molecule has 0 atom stereocenters. The van der Waals surface area contributed by atoms with Gasteiger partial charge in [0.1, 0.15) is 6.42 Å². The second kappa shape index (κ2) is 5.65. The molecule has 0 aromatic heterocycles. The van der Waals surface area contributed by atoms with Gasteiger partial charge in [-0.15, -0.1) is 0 Å². The number of amides is 1. The quantitative estimate of drug-likeness (QED) is 0.685. The SMILES string of the molecule is COC(=O)CC(=O)Nc1ccc(Br)c(C)c1. The molecule has 1 N–H and O–H groups in total. The summed E-state index contributed by atoms with van der Waals surface area (Å²) in [6.07, 6.45) is -0.272. The monoisotopic (exact) mass is 285 g/mol. The molecule has 0 aliphatic carbocycles. The van der Waals surface area contributed by atoms with Crippen LogP contribution in [-0.4, -0.2) is 19.0 Å². The first kappa shape index (κ1) is 12.7. The van der Waals surface area contributed by atoms with Crippen molar-refractivity contribution in [3.63, 3.8) is 0 Å². The summed E-state index contributed by atoms with van der Waals surface area (Å²) < 4.78 is 5.36. The molecule has 0 aliphatic rings. The van der Waals surface area contributed by atoms with Crippen LogP contribution in [0.5, 0.6) is 0 Å². The summed E-state index contributed by atoms with van der Waals surface area (Å²) in [5.41, 5.74) is 1.67. The second-order valence-electron chi connectivity index (χ2n) is 3.27. The molecule has 1 aromatic rings. The maximum Gasteiger partial charge on any atom is 0.315 e. The summed E-state index contributed by atoms with van der Waals surface area (Å²) in [7, 11) is 1.25. The van der Waals surface area contributed by atoms with Crippen molar-refractivity contribution in [2.75, 3.05) is 12.4 Å². The fraction of sp³-hybridized carbons (Fsp3) is 0.273. The van der Waals surface area contributed by atoms with E-state index < -0.39 is 5.97 Å². The van der Waals surface area contributed by atoms with Gasteiger partial charge >= 0.3 is 5.97 Å². The van der Waals surface area contributed by atoms with Crippen molar-refractivity contribution in [2.24, 2.45) is 0 Å². The zero-order valence-corrected chi connectivity index (χ0v) is 10.6. The molecule has 0 heterocycles. The Kier molecular flexibility index (Phi) is 4.49. The lowest BCUT2D eigenvalue weighted by atomic mass is 10.2. The predicted molar refractivity (Wildman–Crippen MR) is 64.1 cm³/mol. The number of esters is 1. The normalized spacial score (nSPS) is 9.69. The van der Waals surface area contributed by atoms with E-state index in [1.54, 1.807) is 6.07 Å². The Labute approximate surface area is 102 Å². The Morgan fingerprint density at radius 3 is 2.69 bits per heavy atom. The van der Waals surface area contributed by atoms with Crippen LogP contribution in [0.3, 0.4) is 0 Å². The first-order chi connectivity index (χ1) is 7.52. The maximum atomic E-state index is 11.4. The maximum absolute atomic E-state index is 11.4. The number of carbonyl (C=O) groups excluding carboxylic acids is 2. The zero-order chi connectivity index (χ0) is 12.1. The number of carbonyl (C=O) groups is 2. The number of anilines is 1. The summed E-state index contributed by atoms with van der Waals surface area (Å²) in [4.78, 5) is 22.2. The van der Waals surface area contributed by atoms with Gasteiger partial charge in [-0.05, 0) is 30.7 Å². The number of hydrogen-bond donors (Lipinski definition) is 1. The van der Waals surface area contributed by atoms with E-state index in [2.05, 4.69) is 26.0 Å². The third-order valence-corrected chi connectivity index (χ3v) is 2.86. The van der Waals surface area contributed by atoms with Gasteiger partial charge in [-0.2, -0.15) is 0 Å². The topological polar surface area (TPSA) is 55.4 Å². The van der Waals surface area contributed by atoms with Crippen molar-refractivity contribution in [1.29, 1.82) is 0 Å². The number of halogens is 1. The summed E-state index contributed by atoms with van der Waals surface area (Å²) in [5.74, 6) is -0.931. The molecular weight excluding hydrogens is 274 g/mol. The highest BCUT2D eigenvalue weighted by Crippen LogP contribution is 2.19. The van der Waals surface area contributed by atoms with E-state index in [0.717, 1.165) is 10.0 Å². The molecule has 0 saturated heterocycles. The lowest BCUT2D eigenvalue weighted by Gasteiger charge is -2.06. The molecule has 5 heteroatoms. The lowest BCUT2D eigenvalue weighted by molar-refractivity contribution is -0.142. The van der Waals surface area contributed by atoms with E-state index in [4.69, 9.17) is 0 Å². The van der Waals surface area contributed by atoms with Crippen LogP contribution >= 0.6 is 15.9 Å². The van der Waals surface area contributed by atoms with Crippen LogP contribution in [0.2, 0.25) is 0 Å². The van der Waals surface area contributed by atoms with Gasteiger partial charge in [-0.25, -0.2) is 0 Å². The average molecular weight is 286 g/mol. The Morgan fingerprint density at radius 1 is 1.44 bits per heavy atom. The number of methoxy groups -OCH3 is 1. The van der Waals surface area contributed by atoms with Gasteiger partial charge in [-0.1, -0.05) is 15.9 Å². The molecule has 0 aliphatic heterocycles. The highest BCUT2D eigenvalue weighted by atomic mass is 79.9. The van der Waals surface area contributed by atoms with Crippen LogP contribution in [0.15, 0.2) is 22.7 Å². The van der Waals surface area contributed by atoms with E-state index in [1.165, 1.54) is 7.11 Å². The smallest absolute Gasteiger partial charge is 0.315 e. The van der Waals surface area contributed by atoms with Crippen LogP contribution in [0.4, 0.5) is 5.69 Å². The van der Waals surface area contributed by atoms with Crippen molar-refractivity contribution >= 4 is 33.5 Å². The van der Waals surface area contributed by atoms with Crippen molar-refractivity contribution in [3.05, 3.63) is 28.2 Å². The molecule has 86 valence electrons. The van der Waals surface area contributed by atoms with Gasteiger partial charge < -0.3 is 10.1 Å². The minimum Gasteiger partial charge on any atom is -0.469 e. The number of hydrogen-bond acceptors (Lipinski definition) is 3. The lowest BCUT2D eigenvalue weighted by Crippen LogP contribution is -2.17. The van der Waals surface area contributed by atoms with Crippen LogP contribution in [-0.2, 0) is 14.3 Å². The van der Waals surface area contributed by atoms with Gasteiger partial charge in [-0.3, -0.25) is 9.59 Å². The third-order valence-electron chi connectivity index (χ3n) is 1.97. The van der Waals surface area contributed by atoms with Crippen LogP contribution < -0.4 is 5.32 Å². The van der Waals surface area contributed by atoms with E-state index in [-0.39, 0.29) is 12.3 Å². The number of benzene rings is 1. The molecule has 1 aromatic carbocycles. The standard InChI is InChI=1S/C11H12BrNO3/c1-7-5-8(3-4-9(7)12)13-10(14)6-11(15)16-2/h3-5H,6H2,1-2H3,(H,13,14).